The lowest BCUT2D eigenvalue weighted by atomic mass is 10.1. The van der Waals surface area contributed by atoms with E-state index in [1.165, 1.54) is 6.92 Å². The van der Waals surface area contributed by atoms with E-state index in [0.29, 0.717) is 0 Å². The highest BCUT2D eigenvalue weighted by atomic mass is 32.1. The Labute approximate surface area is 53.8 Å². The second-order valence-electron chi connectivity index (χ2n) is 1.81. The molecule has 1 unspecified atom stereocenters. The Kier molecular flexibility index (Phi) is 2.30. The van der Waals surface area contributed by atoms with Crippen molar-refractivity contribution in [3.05, 3.63) is 0 Å². The van der Waals surface area contributed by atoms with Gasteiger partial charge in [0, 0.05) is 6.54 Å². The van der Waals surface area contributed by atoms with Crippen molar-refractivity contribution in [1.29, 1.82) is 0 Å². The first-order valence-corrected chi connectivity index (χ1v) is 2.64. The highest BCUT2D eigenvalue weighted by Gasteiger charge is 2.24. The van der Waals surface area contributed by atoms with Gasteiger partial charge in [0.15, 0.2) is 0 Å². The molecule has 8 heavy (non-hydrogen) atoms. The number of nitrogens with two attached hydrogens (primary N) is 1. The Morgan fingerprint density at radius 3 is 2.38 bits per heavy atom. The maximum absolute atomic E-state index is 10.2. The molecule has 0 saturated carbocycles. The Morgan fingerprint density at radius 1 is 2.00 bits per heavy atom. The van der Waals surface area contributed by atoms with Crippen LogP contribution in [0.4, 0.5) is 0 Å². The zero-order chi connectivity index (χ0) is 6.78. The van der Waals surface area contributed by atoms with E-state index in [1.54, 1.807) is 0 Å². The number of carbonyl (C=O) groups excluding carboxylic acids is 1. The lowest BCUT2D eigenvalue weighted by Gasteiger charge is -2.13. The van der Waals surface area contributed by atoms with Crippen molar-refractivity contribution in [2.24, 2.45) is 5.73 Å². The summed E-state index contributed by atoms with van der Waals surface area (Å²) in [4.78, 5) is 10.2. The molecule has 0 aromatic carbocycles. The van der Waals surface area contributed by atoms with E-state index in [9.17, 15) is 4.79 Å². The van der Waals surface area contributed by atoms with Crippen molar-refractivity contribution in [3.63, 3.8) is 0 Å². The van der Waals surface area contributed by atoms with Gasteiger partial charge in [-0.05, 0) is 6.92 Å². The summed E-state index contributed by atoms with van der Waals surface area (Å²) in [6, 6.07) is 0. The van der Waals surface area contributed by atoms with E-state index >= 15 is 0 Å². The van der Waals surface area contributed by atoms with Crippen LogP contribution in [-0.2, 0) is 4.79 Å². The maximum atomic E-state index is 10.2. The Hall–Kier alpha value is -0.220. The van der Waals surface area contributed by atoms with Crippen molar-refractivity contribution in [2.75, 3.05) is 6.54 Å². The molecule has 0 spiro atoms. The smallest absolute Gasteiger partial charge is 0.255 e. The van der Waals surface area contributed by atoms with E-state index in [-0.39, 0.29) is 6.54 Å². The fourth-order valence-electron chi connectivity index (χ4n) is 0.0927. The summed E-state index contributed by atoms with van der Waals surface area (Å²) in [7, 11) is 0. The molecule has 3 N–H and O–H groups in total. The second-order valence-corrected chi connectivity index (χ2v) is 2.79. The molecule has 1 amide bonds. The molecule has 0 aromatic heterocycles. The van der Waals surface area contributed by atoms with Gasteiger partial charge in [0.2, 0.25) is 0 Å². The van der Waals surface area contributed by atoms with E-state index in [1.807, 2.05) is 0 Å². The number of carbonyl (C=O) groups is 1. The SMILES string of the molecule is CC(S)(CN)C([NH])=O. The van der Waals surface area contributed by atoms with Crippen molar-refractivity contribution in [3.8, 4) is 0 Å². The average Bonchev–Trinajstić information content (AvgIpc) is 1.67. The standard InChI is InChI=1S/C4H9N2OS/c1-4(8,2-5)3(6)7/h6,8H,2,5H2,1H3. The van der Waals surface area contributed by atoms with Crippen LogP contribution in [0.5, 0.6) is 0 Å². The zero-order valence-electron chi connectivity index (χ0n) is 4.64. The average molecular weight is 133 g/mol. The summed E-state index contributed by atoms with van der Waals surface area (Å²) >= 11 is 3.82. The lowest BCUT2D eigenvalue weighted by Crippen LogP contribution is -2.37. The van der Waals surface area contributed by atoms with E-state index in [2.05, 4.69) is 12.6 Å². The first-order valence-electron chi connectivity index (χ1n) is 2.19. The van der Waals surface area contributed by atoms with Gasteiger partial charge in [-0.15, -0.1) is 0 Å². The molecule has 0 rings (SSSR count). The van der Waals surface area contributed by atoms with E-state index < -0.39 is 10.7 Å². The number of rotatable bonds is 2. The van der Waals surface area contributed by atoms with E-state index in [4.69, 9.17) is 11.5 Å². The third-order valence-corrected chi connectivity index (χ3v) is 1.27. The predicted octanol–water partition coefficient (Wildman–Crippen LogP) is -0.557. The monoisotopic (exact) mass is 133 g/mol. The van der Waals surface area contributed by atoms with Crippen LogP contribution in [0, 0.1) is 0 Å². The first-order chi connectivity index (χ1) is 3.50. The molecule has 47 valence electrons. The summed E-state index contributed by atoms with van der Waals surface area (Å²) < 4.78 is -0.958. The Balaban J connectivity index is 3.91. The van der Waals surface area contributed by atoms with Crippen molar-refractivity contribution in [1.82, 2.24) is 5.73 Å². The van der Waals surface area contributed by atoms with Gasteiger partial charge in [-0.3, -0.25) is 10.5 Å². The van der Waals surface area contributed by atoms with Gasteiger partial charge >= 0.3 is 0 Å². The Bertz CT molecular complexity index is 102. The topological polar surface area (TPSA) is 66.9 Å². The van der Waals surface area contributed by atoms with Gasteiger partial charge in [0.25, 0.3) is 5.91 Å². The molecule has 4 heteroatoms. The largest absolute Gasteiger partial charge is 0.329 e. The number of amides is 1. The van der Waals surface area contributed by atoms with E-state index in [0.717, 1.165) is 0 Å². The predicted molar refractivity (Wildman–Crippen MR) is 34.5 cm³/mol. The summed E-state index contributed by atoms with van der Waals surface area (Å²) in [5.74, 6) is -0.733. The molecule has 1 atom stereocenters. The van der Waals surface area contributed by atoms with Crippen LogP contribution in [0.3, 0.4) is 0 Å². The quantitative estimate of drug-likeness (QED) is 0.496. The first kappa shape index (κ1) is 7.78. The second kappa shape index (κ2) is 2.37. The maximum Gasteiger partial charge on any atom is 0.255 e. The molecule has 0 aliphatic rings. The molecule has 0 heterocycles. The number of hydrogen-bond donors (Lipinski definition) is 2. The fraction of sp³-hybridized carbons (Fsp3) is 0.750. The fourth-order valence-corrected chi connectivity index (χ4v) is 0.0927. The van der Waals surface area contributed by atoms with Crippen LogP contribution in [0.2, 0.25) is 0 Å². The van der Waals surface area contributed by atoms with Gasteiger partial charge in [0.05, 0.1) is 0 Å². The van der Waals surface area contributed by atoms with Crippen molar-refractivity contribution in [2.45, 2.75) is 11.7 Å². The lowest BCUT2D eigenvalue weighted by molar-refractivity contribution is -0.120. The molecular formula is C4H9N2OS. The van der Waals surface area contributed by atoms with Crippen LogP contribution in [0.25, 0.3) is 0 Å². The number of thiol groups is 1. The molecule has 1 radical (unpaired) electrons. The number of hydrogen-bond acceptors (Lipinski definition) is 3. The summed E-state index contributed by atoms with van der Waals surface area (Å²) in [6.07, 6.45) is 0. The number of nitrogens with one attached hydrogen (secondary N) is 1. The molecule has 0 saturated heterocycles. The van der Waals surface area contributed by atoms with Crippen molar-refractivity contribution < 1.29 is 4.79 Å². The Morgan fingerprint density at radius 2 is 2.38 bits per heavy atom. The van der Waals surface area contributed by atoms with Gasteiger partial charge in [-0.2, -0.15) is 12.6 Å². The van der Waals surface area contributed by atoms with Crippen LogP contribution in [0.1, 0.15) is 6.92 Å². The van der Waals surface area contributed by atoms with Crippen LogP contribution in [-0.4, -0.2) is 17.2 Å². The summed E-state index contributed by atoms with van der Waals surface area (Å²) in [5, 5.41) is 0. The molecule has 0 aromatic rings. The van der Waals surface area contributed by atoms with Crippen LogP contribution in [0.15, 0.2) is 0 Å². The van der Waals surface area contributed by atoms with Crippen molar-refractivity contribution >= 4 is 18.5 Å². The molecule has 0 fully saturated rings. The highest BCUT2D eigenvalue weighted by molar-refractivity contribution is 7.82. The molecule has 0 aliphatic carbocycles. The van der Waals surface area contributed by atoms with Crippen LogP contribution < -0.4 is 11.5 Å². The minimum Gasteiger partial charge on any atom is -0.329 e. The van der Waals surface area contributed by atoms with Crippen LogP contribution >= 0.6 is 12.6 Å². The highest BCUT2D eigenvalue weighted by Crippen LogP contribution is 2.09. The molecule has 0 aliphatic heterocycles. The van der Waals surface area contributed by atoms with Gasteiger partial charge in [-0.25, -0.2) is 0 Å². The minimum atomic E-state index is -0.958. The zero-order valence-corrected chi connectivity index (χ0v) is 5.53. The normalized spacial score (nSPS) is 17.4. The van der Waals surface area contributed by atoms with Gasteiger partial charge < -0.3 is 5.73 Å². The summed E-state index contributed by atoms with van der Waals surface area (Å²) in [5.41, 5.74) is 11.7. The molecular weight excluding hydrogens is 124 g/mol. The molecule has 3 nitrogen and oxygen atoms in total. The third kappa shape index (κ3) is 1.71. The third-order valence-electron chi connectivity index (χ3n) is 0.887. The van der Waals surface area contributed by atoms with Gasteiger partial charge in [-0.1, -0.05) is 0 Å². The van der Waals surface area contributed by atoms with Gasteiger partial charge in [0.1, 0.15) is 4.75 Å². The molecule has 0 bridgehead atoms. The minimum absolute atomic E-state index is 0.110. The summed E-state index contributed by atoms with van der Waals surface area (Å²) in [6.45, 7) is 1.63.